The standard InChI is InChI=1S/C13H24N2O3/c1-5-12(16)15-8-6-11(7-9-15)14(4)13(17)18-10(2)3/h10-11H,5-9H2,1-4H3. The van der Waals surface area contributed by atoms with Crippen LogP contribution >= 0.6 is 0 Å². The van der Waals surface area contributed by atoms with Gasteiger partial charge < -0.3 is 14.5 Å². The first-order valence-electron chi connectivity index (χ1n) is 6.67. The predicted octanol–water partition coefficient (Wildman–Crippen LogP) is 1.86. The van der Waals surface area contributed by atoms with Crippen molar-refractivity contribution in [3.8, 4) is 0 Å². The summed E-state index contributed by atoms with van der Waals surface area (Å²) < 4.78 is 5.17. The molecule has 1 heterocycles. The number of carbonyl (C=O) groups is 2. The molecular weight excluding hydrogens is 232 g/mol. The first-order chi connectivity index (χ1) is 8.45. The van der Waals surface area contributed by atoms with Crippen LogP contribution in [0.3, 0.4) is 0 Å². The van der Waals surface area contributed by atoms with Crippen molar-refractivity contribution in [2.24, 2.45) is 0 Å². The van der Waals surface area contributed by atoms with E-state index in [0.717, 1.165) is 25.9 Å². The quantitative estimate of drug-likeness (QED) is 0.774. The zero-order chi connectivity index (χ0) is 13.7. The number of carbonyl (C=O) groups excluding carboxylic acids is 2. The predicted molar refractivity (Wildman–Crippen MR) is 69.3 cm³/mol. The van der Waals surface area contributed by atoms with Crippen LogP contribution in [0.5, 0.6) is 0 Å². The van der Waals surface area contributed by atoms with Gasteiger partial charge in [-0.1, -0.05) is 6.92 Å². The van der Waals surface area contributed by atoms with Crippen LogP contribution in [-0.4, -0.2) is 54.1 Å². The Balaban J connectivity index is 2.42. The maximum absolute atomic E-state index is 11.7. The van der Waals surface area contributed by atoms with E-state index in [0.29, 0.717) is 6.42 Å². The lowest BCUT2D eigenvalue weighted by Crippen LogP contribution is -2.47. The summed E-state index contributed by atoms with van der Waals surface area (Å²) >= 11 is 0. The molecule has 0 radical (unpaired) electrons. The van der Waals surface area contributed by atoms with Gasteiger partial charge in [0.15, 0.2) is 0 Å². The van der Waals surface area contributed by atoms with Gasteiger partial charge in [0.2, 0.25) is 5.91 Å². The number of ether oxygens (including phenoxy) is 1. The highest BCUT2D eigenvalue weighted by atomic mass is 16.6. The molecule has 0 N–H and O–H groups in total. The number of nitrogens with zero attached hydrogens (tertiary/aromatic N) is 2. The van der Waals surface area contributed by atoms with Crippen molar-refractivity contribution in [3.63, 3.8) is 0 Å². The number of piperidine rings is 1. The van der Waals surface area contributed by atoms with E-state index in [4.69, 9.17) is 4.74 Å². The van der Waals surface area contributed by atoms with Gasteiger partial charge in [-0.2, -0.15) is 0 Å². The Labute approximate surface area is 109 Å². The maximum Gasteiger partial charge on any atom is 0.410 e. The molecule has 0 atom stereocenters. The Morgan fingerprint density at radius 3 is 2.33 bits per heavy atom. The Morgan fingerprint density at radius 2 is 1.89 bits per heavy atom. The van der Waals surface area contributed by atoms with Crippen LogP contribution in [0.2, 0.25) is 0 Å². The van der Waals surface area contributed by atoms with Crippen molar-refractivity contribution >= 4 is 12.0 Å². The lowest BCUT2D eigenvalue weighted by Gasteiger charge is -2.36. The van der Waals surface area contributed by atoms with Gasteiger partial charge in [0.05, 0.1) is 6.10 Å². The molecular formula is C13H24N2O3. The van der Waals surface area contributed by atoms with Crippen LogP contribution in [0.25, 0.3) is 0 Å². The zero-order valence-electron chi connectivity index (χ0n) is 11.8. The summed E-state index contributed by atoms with van der Waals surface area (Å²) in [5.74, 6) is 0.195. The number of hydrogen-bond acceptors (Lipinski definition) is 3. The largest absolute Gasteiger partial charge is 0.447 e. The van der Waals surface area contributed by atoms with Crippen LogP contribution in [0.1, 0.15) is 40.0 Å². The third kappa shape index (κ3) is 3.89. The number of hydrogen-bond donors (Lipinski definition) is 0. The second-order valence-corrected chi connectivity index (χ2v) is 5.01. The van der Waals surface area contributed by atoms with Gasteiger partial charge in [0.25, 0.3) is 0 Å². The van der Waals surface area contributed by atoms with Crippen LogP contribution in [-0.2, 0) is 9.53 Å². The highest BCUT2D eigenvalue weighted by molar-refractivity contribution is 5.76. The Bertz CT molecular complexity index is 297. The van der Waals surface area contributed by atoms with Gasteiger partial charge in [-0.05, 0) is 26.7 Å². The second kappa shape index (κ2) is 6.61. The van der Waals surface area contributed by atoms with E-state index in [9.17, 15) is 9.59 Å². The monoisotopic (exact) mass is 256 g/mol. The fourth-order valence-electron chi connectivity index (χ4n) is 2.16. The van der Waals surface area contributed by atoms with Crippen molar-refractivity contribution in [3.05, 3.63) is 0 Å². The highest BCUT2D eigenvalue weighted by Gasteiger charge is 2.27. The van der Waals surface area contributed by atoms with Gasteiger partial charge in [-0.3, -0.25) is 4.79 Å². The van der Waals surface area contributed by atoms with Crippen molar-refractivity contribution < 1.29 is 14.3 Å². The van der Waals surface area contributed by atoms with Gasteiger partial charge in [0, 0.05) is 32.6 Å². The minimum Gasteiger partial charge on any atom is -0.447 e. The second-order valence-electron chi connectivity index (χ2n) is 5.01. The van der Waals surface area contributed by atoms with Crippen LogP contribution in [0.4, 0.5) is 4.79 Å². The number of likely N-dealkylation sites (tertiary alicyclic amines) is 1. The van der Waals surface area contributed by atoms with Crippen molar-refractivity contribution in [2.45, 2.75) is 52.2 Å². The molecule has 0 aliphatic carbocycles. The van der Waals surface area contributed by atoms with E-state index in [1.807, 2.05) is 25.7 Å². The first-order valence-corrected chi connectivity index (χ1v) is 6.67. The fraction of sp³-hybridized carbons (Fsp3) is 0.846. The van der Waals surface area contributed by atoms with E-state index in [-0.39, 0.29) is 24.1 Å². The molecule has 1 aliphatic rings. The van der Waals surface area contributed by atoms with Crippen molar-refractivity contribution in [1.82, 2.24) is 9.80 Å². The van der Waals surface area contributed by atoms with E-state index in [2.05, 4.69) is 0 Å². The summed E-state index contributed by atoms with van der Waals surface area (Å²) in [6.07, 6.45) is 1.84. The summed E-state index contributed by atoms with van der Waals surface area (Å²) in [5.41, 5.74) is 0. The molecule has 0 bridgehead atoms. The molecule has 0 aromatic carbocycles. The molecule has 1 rings (SSSR count). The lowest BCUT2D eigenvalue weighted by atomic mass is 10.0. The molecule has 1 fully saturated rings. The zero-order valence-corrected chi connectivity index (χ0v) is 11.8. The number of rotatable bonds is 3. The topological polar surface area (TPSA) is 49.9 Å². The van der Waals surface area contributed by atoms with Crippen molar-refractivity contribution in [1.29, 1.82) is 0 Å². The SMILES string of the molecule is CCC(=O)N1CCC(N(C)C(=O)OC(C)C)CC1. The normalized spacial score (nSPS) is 16.8. The average Bonchev–Trinajstić information content (AvgIpc) is 2.36. The molecule has 2 amide bonds. The minimum absolute atomic E-state index is 0.0956. The highest BCUT2D eigenvalue weighted by Crippen LogP contribution is 2.17. The molecule has 0 unspecified atom stereocenters. The summed E-state index contributed by atoms with van der Waals surface area (Å²) in [5, 5.41) is 0. The Hall–Kier alpha value is -1.26. The minimum atomic E-state index is -0.273. The fourth-order valence-corrected chi connectivity index (χ4v) is 2.16. The molecule has 0 spiro atoms. The molecule has 0 saturated carbocycles. The Morgan fingerprint density at radius 1 is 1.33 bits per heavy atom. The van der Waals surface area contributed by atoms with Gasteiger partial charge in [0.1, 0.15) is 0 Å². The summed E-state index contributed by atoms with van der Waals surface area (Å²) in [6.45, 7) is 7.02. The first kappa shape index (κ1) is 14.8. The molecule has 104 valence electrons. The van der Waals surface area contributed by atoms with E-state index < -0.39 is 0 Å². The molecule has 5 heteroatoms. The van der Waals surface area contributed by atoms with E-state index >= 15 is 0 Å². The third-order valence-electron chi connectivity index (χ3n) is 3.29. The van der Waals surface area contributed by atoms with Gasteiger partial charge >= 0.3 is 6.09 Å². The van der Waals surface area contributed by atoms with Crippen LogP contribution in [0, 0.1) is 0 Å². The van der Waals surface area contributed by atoms with Gasteiger partial charge in [-0.25, -0.2) is 4.79 Å². The van der Waals surface area contributed by atoms with Crippen molar-refractivity contribution in [2.75, 3.05) is 20.1 Å². The summed E-state index contributed by atoms with van der Waals surface area (Å²) in [4.78, 5) is 26.8. The molecule has 0 aromatic rings. The lowest BCUT2D eigenvalue weighted by molar-refractivity contribution is -0.132. The molecule has 1 saturated heterocycles. The number of amides is 2. The molecule has 18 heavy (non-hydrogen) atoms. The molecule has 1 aliphatic heterocycles. The van der Waals surface area contributed by atoms with E-state index in [1.54, 1.807) is 11.9 Å². The van der Waals surface area contributed by atoms with Gasteiger partial charge in [-0.15, -0.1) is 0 Å². The van der Waals surface area contributed by atoms with E-state index in [1.165, 1.54) is 0 Å². The summed E-state index contributed by atoms with van der Waals surface area (Å²) in [6, 6.07) is 0.178. The van der Waals surface area contributed by atoms with Crippen LogP contribution in [0.15, 0.2) is 0 Å². The maximum atomic E-state index is 11.7. The third-order valence-corrected chi connectivity index (χ3v) is 3.29. The Kier molecular flexibility index (Phi) is 5.44. The summed E-state index contributed by atoms with van der Waals surface area (Å²) in [7, 11) is 1.77. The van der Waals surface area contributed by atoms with Crippen LogP contribution < -0.4 is 0 Å². The average molecular weight is 256 g/mol. The molecule has 0 aromatic heterocycles. The smallest absolute Gasteiger partial charge is 0.410 e. The molecule has 5 nitrogen and oxygen atoms in total.